The van der Waals surface area contributed by atoms with E-state index in [0.29, 0.717) is 11.5 Å². The van der Waals surface area contributed by atoms with E-state index in [-0.39, 0.29) is 12.7 Å². The van der Waals surface area contributed by atoms with Crippen LogP contribution in [0, 0.1) is 0 Å². The van der Waals surface area contributed by atoms with Crippen molar-refractivity contribution in [2.45, 2.75) is 18.9 Å². The van der Waals surface area contributed by atoms with Gasteiger partial charge in [0.05, 0.1) is 0 Å². The van der Waals surface area contributed by atoms with Gasteiger partial charge in [-0.2, -0.15) is 0 Å². The van der Waals surface area contributed by atoms with Gasteiger partial charge in [-0.25, -0.2) is 0 Å². The Morgan fingerprint density at radius 3 is 2.94 bits per heavy atom. The molecule has 2 atom stereocenters. The van der Waals surface area contributed by atoms with E-state index < -0.39 is 12.0 Å². The minimum atomic E-state index is -1.02. The summed E-state index contributed by atoms with van der Waals surface area (Å²) in [5.74, 6) is -0.105. The lowest BCUT2D eigenvalue weighted by Gasteiger charge is -2.17. The first-order valence-corrected chi connectivity index (χ1v) is 4.98. The molecule has 0 saturated heterocycles. The molecule has 0 spiro atoms. The number of aliphatic carboxylic acids is 1. The number of rotatable bonds is 3. The van der Waals surface area contributed by atoms with E-state index in [1.165, 1.54) is 0 Å². The molecular weight excluding hydrogens is 210 g/mol. The van der Waals surface area contributed by atoms with Crippen molar-refractivity contribution in [3.63, 3.8) is 0 Å². The number of fused-ring (bicyclic) bond motifs is 1. The van der Waals surface area contributed by atoms with E-state index in [9.17, 15) is 4.79 Å². The van der Waals surface area contributed by atoms with Crippen LogP contribution in [0.4, 0.5) is 0 Å². The average molecular weight is 223 g/mol. The zero-order chi connectivity index (χ0) is 11.7. The van der Waals surface area contributed by atoms with Gasteiger partial charge in [-0.05, 0) is 6.07 Å². The number of carboxylic acids is 1. The van der Waals surface area contributed by atoms with Crippen LogP contribution in [0.5, 0.6) is 11.5 Å². The minimum Gasteiger partial charge on any atom is -0.480 e. The fourth-order valence-corrected chi connectivity index (χ4v) is 1.72. The molecular formula is C11H13NO4. The normalized spacial score (nSPS) is 16.9. The molecule has 0 aliphatic carbocycles. The number of ether oxygens (including phenoxy) is 2. The van der Waals surface area contributed by atoms with Gasteiger partial charge in [0.2, 0.25) is 6.79 Å². The van der Waals surface area contributed by atoms with E-state index in [2.05, 4.69) is 0 Å². The van der Waals surface area contributed by atoms with Crippen LogP contribution in [0.1, 0.15) is 18.4 Å². The van der Waals surface area contributed by atoms with Crippen LogP contribution in [0.2, 0.25) is 0 Å². The summed E-state index contributed by atoms with van der Waals surface area (Å²) in [6.45, 7) is 1.93. The second-order valence-corrected chi connectivity index (χ2v) is 3.73. The van der Waals surface area contributed by atoms with Crippen molar-refractivity contribution < 1.29 is 19.4 Å². The van der Waals surface area contributed by atoms with Gasteiger partial charge in [-0.1, -0.05) is 19.1 Å². The Morgan fingerprint density at radius 2 is 2.25 bits per heavy atom. The molecule has 1 aliphatic rings. The smallest absolute Gasteiger partial charge is 0.321 e. The molecule has 5 heteroatoms. The predicted octanol–water partition coefficient (Wildman–Crippen LogP) is 0.931. The van der Waals surface area contributed by atoms with Crippen molar-refractivity contribution in [1.82, 2.24) is 0 Å². The highest BCUT2D eigenvalue weighted by Gasteiger charge is 2.27. The van der Waals surface area contributed by atoms with Crippen molar-refractivity contribution in [2.24, 2.45) is 5.73 Å². The zero-order valence-corrected chi connectivity index (χ0v) is 8.84. The first-order chi connectivity index (χ1) is 7.61. The third kappa shape index (κ3) is 1.69. The summed E-state index contributed by atoms with van der Waals surface area (Å²) in [5.41, 5.74) is 6.36. The van der Waals surface area contributed by atoms with Crippen LogP contribution in [0.3, 0.4) is 0 Å². The van der Waals surface area contributed by atoms with Crippen molar-refractivity contribution in [3.05, 3.63) is 23.8 Å². The highest BCUT2D eigenvalue weighted by atomic mass is 16.7. The molecule has 0 radical (unpaired) electrons. The molecule has 2 rings (SSSR count). The molecule has 86 valence electrons. The van der Waals surface area contributed by atoms with Crippen LogP contribution >= 0.6 is 0 Å². The molecule has 1 aromatic carbocycles. The van der Waals surface area contributed by atoms with Crippen LogP contribution in [-0.4, -0.2) is 23.9 Å². The lowest BCUT2D eigenvalue weighted by atomic mass is 9.93. The maximum atomic E-state index is 10.8. The molecule has 0 aromatic heterocycles. The summed E-state index contributed by atoms with van der Waals surface area (Å²) in [5, 5.41) is 8.87. The average Bonchev–Trinajstić information content (AvgIpc) is 2.74. The van der Waals surface area contributed by atoms with E-state index in [1.807, 2.05) is 0 Å². The van der Waals surface area contributed by atoms with E-state index in [4.69, 9.17) is 20.3 Å². The standard InChI is InChI=1S/C11H13NO4/c1-6(9(12)11(13)14)7-3-2-4-8-10(7)16-5-15-8/h2-4,6,9H,5,12H2,1H3,(H,13,14). The van der Waals surface area contributed by atoms with Gasteiger partial charge in [-0.3, -0.25) is 4.79 Å². The van der Waals surface area contributed by atoms with Gasteiger partial charge < -0.3 is 20.3 Å². The monoisotopic (exact) mass is 223 g/mol. The van der Waals surface area contributed by atoms with Crippen LogP contribution in [0.25, 0.3) is 0 Å². The maximum absolute atomic E-state index is 10.8. The summed E-state index contributed by atoms with van der Waals surface area (Å²) < 4.78 is 10.5. The molecule has 0 bridgehead atoms. The summed E-state index contributed by atoms with van der Waals surface area (Å²) in [7, 11) is 0. The van der Waals surface area contributed by atoms with Gasteiger partial charge in [0.25, 0.3) is 0 Å². The van der Waals surface area contributed by atoms with Gasteiger partial charge in [0, 0.05) is 11.5 Å². The molecule has 1 aromatic rings. The molecule has 0 fully saturated rings. The van der Waals surface area contributed by atoms with E-state index in [1.54, 1.807) is 25.1 Å². The molecule has 2 unspecified atom stereocenters. The molecule has 1 heterocycles. The largest absolute Gasteiger partial charge is 0.480 e. The Morgan fingerprint density at radius 1 is 1.50 bits per heavy atom. The zero-order valence-electron chi connectivity index (χ0n) is 8.84. The fraction of sp³-hybridized carbons (Fsp3) is 0.364. The molecule has 5 nitrogen and oxygen atoms in total. The van der Waals surface area contributed by atoms with Crippen LogP contribution in [0.15, 0.2) is 18.2 Å². The van der Waals surface area contributed by atoms with Crippen molar-refractivity contribution in [2.75, 3.05) is 6.79 Å². The Balaban J connectivity index is 2.34. The van der Waals surface area contributed by atoms with E-state index in [0.717, 1.165) is 5.56 Å². The van der Waals surface area contributed by atoms with Crippen LogP contribution < -0.4 is 15.2 Å². The minimum absolute atomic E-state index is 0.168. The second kappa shape index (κ2) is 4.02. The maximum Gasteiger partial charge on any atom is 0.321 e. The fourth-order valence-electron chi connectivity index (χ4n) is 1.72. The van der Waals surface area contributed by atoms with Gasteiger partial charge in [-0.15, -0.1) is 0 Å². The number of nitrogens with two attached hydrogens (primary N) is 1. The van der Waals surface area contributed by atoms with Crippen molar-refractivity contribution in [1.29, 1.82) is 0 Å². The van der Waals surface area contributed by atoms with Gasteiger partial charge in [0.1, 0.15) is 6.04 Å². The number of hydrogen-bond acceptors (Lipinski definition) is 4. The molecule has 16 heavy (non-hydrogen) atoms. The summed E-state index contributed by atoms with van der Waals surface area (Å²) in [6, 6.07) is 4.44. The highest BCUT2D eigenvalue weighted by molar-refractivity contribution is 5.75. The Bertz CT molecular complexity index is 418. The summed E-state index contributed by atoms with van der Waals surface area (Å²) in [4.78, 5) is 10.8. The molecule has 1 aliphatic heterocycles. The van der Waals surface area contributed by atoms with Crippen molar-refractivity contribution in [3.8, 4) is 11.5 Å². The SMILES string of the molecule is CC(c1cccc2c1OCO2)C(N)C(=O)O. The Labute approximate surface area is 92.8 Å². The van der Waals surface area contributed by atoms with E-state index >= 15 is 0 Å². The molecule has 0 saturated carbocycles. The first-order valence-electron chi connectivity index (χ1n) is 4.98. The van der Waals surface area contributed by atoms with Crippen molar-refractivity contribution >= 4 is 5.97 Å². The topological polar surface area (TPSA) is 81.8 Å². The lowest BCUT2D eigenvalue weighted by molar-refractivity contribution is -0.139. The van der Waals surface area contributed by atoms with Gasteiger partial charge in [0.15, 0.2) is 11.5 Å². The number of carboxylic acid groups (broad SMARTS) is 1. The number of benzene rings is 1. The Hall–Kier alpha value is -1.75. The molecule has 0 amide bonds. The number of carbonyl (C=O) groups is 1. The van der Waals surface area contributed by atoms with Crippen LogP contribution in [-0.2, 0) is 4.79 Å². The highest BCUT2D eigenvalue weighted by Crippen LogP contribution is 2.39. The summed E-state index contributed by atoms with van der Waals surface area (Å²) >= 11 is 0. The quantitative estimate of drug-likeness (QED) is 0.796. The number of para-hydroxylation sites is 1. The molecule has 3 N–H and O–H groups in total. The third-order valence-corrected chi connectivity index (χ3v) is 2.74. The predicted molar refractivity (Wildman–Crippen MR) is 56.6 cm³/mol. The Kier molecular flexibility index (Phi) is 2.70. The summed E-state index contributed by atoms with van der Waals surface area (Å²) in [6.07, 6.45) is 0. The lowest BCUT2D eigenvalue weighted by Crippen LogP contribution is -2.35. The van der Waals surface area contributed by atoms with Gasteiger partial charge >= 0.3 is 5.97 Å². The third-order valence-electron chi connectivity index (χ3n) is 2.74. The second-order valence-electron chi connectivity index (χ2n) is 3.73. The first kappa shape index (κ1) is 10.8. The number of hydrogen-bond donors (Lipinski definition) is 2.